The lowest BCUT2D eigenvalue weighted by atomic mass is 10.2. The van der Waals surface area contributed by atoms with Gasteiger partial charge in [-0.25, -0.2) is 8.78 Å². The summed E-state index contributed by atoms with van der Waals surface area (Å²) in [7, 11) is 3.71. The summed E-state index contributed by atoms with van der Waals surface area (Å²) in [6.45, 7) is 0.634. The van der Waals surface area contributed by atoms with E-state index in [1.807, 2.05) is 43.3 Å². The normalized spacial score (nSPS) is 10.3. The van der Waals surface area contributed by atoms with Gasteiger partial charge >= 0.3 is 0 Å². The largest absolute Gasteiger partial charge is 0.388 e. The van der Waals surface area contributed by atoms with Crippen molar-refractivity contribution in [2.75, 3.05) is 24.3 Å². The maximum Gasteiger partial charge on any atom is 0.160 e. The molecule has 0 bridgehead atoms. The zero-order chi connectivity index (χ0) is 13.8. The molecule has 0 aliphatic heterocycles. The molecule has 0 radical (unpaired) electrons. The van der Waals surface area contributed by atoms with Crippen LogP contribution >= 0.6 is 0 Å². The molecule has 2 rings (SSSR count). The number of nitrogens with zero attached hydrogens (tertiary/aromatic N) is 1. The van der Waals surface area contributed by atoms with Crippen LogP contribution in [0.5, 0.6) is 0 Å². The predicted octanol–water partition coefficient (Wildman–Crippen LogP) is 3.64. The Bertz CT molecular complexity index is 553. The Labute approximate surface area is 111 Å². The molecular formula is C15H16F2N2. The number of hydrogen-bond acceptors (Lipinski definition) is 2. The van der Waals surface area contributed by atoms with Gasteiger partial charge in [-0.05, 0) is 29.8 Å². The summed E-state index contributed by atoms with van der Waals surface area (Å²) in [5.74, 6) is -1.65. The molecule has 0 heterocycles. The summed E-state index contributed by atoms with van der Waals surface area (Å²) in [5.41, 5.74) is 2.79. The molecule has 0 atom stereocenters. The molecule has 2 aromatic rings. The van der Waals surface area contributed by atoms with Crippen LogP contribution < -0.4 is 10.2 Å². The average molecular weight is 262 g/mol. The minimum absolute atomic E-state index is 0.634. The fourth-order valence-corrected chi connectivity index (χ4v) is 1.86. The van der Waals surface area contributed by atoms with Gasteiger partial charge in [0.2, 0.25) is 0 Å². The van der Waals surface area contributed by atoms with E-state index in [1.165, 1.54) is 6.07 Å². The van der Waals surface area contributed by atoms with E-state index in [0.717, 1.165) is 17.3 Å². The lowest BCUT2D eigenvalue weighted by Gasteiger charge is -2.19. The maximum atomic E-state index is 13.2. The van der Waals surface area contributed by atoms with E-state index in [0.29, 0.717) is 12.2 Å². The van der Waals surface area contributed by atoms with Crippen LogP contribution in [0.1, 0.15) is 5.56 Å². The first kappa shape index (κ1) is 13.3. The van der Waals surface area contributed by atoms with Gasteiger partial charge in [0.25, 0.3) is 0 Å². The molecule has 2 nitrogen and oxygen atoms in total. The molecule has 0 amide bonds. The van der Waals surface area contributed by atoms with Crippen molar-refractivity contribution in [3.8, 4) is 0 Å². The van der Waals surface area contributed by atoms with E-state index < -0.39 is 11.6 Å². The summed E-state index contributed by atoms with van der Waals surface area (Å²) in [6.07, 6.45) is 0. The summed E-state index contributed by atoms with van der Waals surface area (Å²) >= 11 is 0. The number of anilines is 2. The molecule has 0 saturated heterocycles. The second-order valence-electron chi connectivity index (χ2n) is 4.40. The van der Waals surface area contributed by atoms with E-state index in [4.69, 9.17) is 0 Å². The van der Waals surface area contributed by atoms with Crippen molar-refractivity contribution in [1.82, 2.24) is 0 Å². The monoisotopic (exact) mass is 262 g/mol. The van der Waals surface area contributed by atoms with E-state index >= 15 is 0 Å². The Hall–Kier alpha value is -2.10. The maximum absolute atomic E-state index is 13.2. The molecule has 100 valence electrons. The third-order valence-corrected chi connectivity index (χ3v) is 3.01. The Kier molecular flexibility index (Phi) is 4.00. The van der Waals surface area contributed by atoms with E-state index in [-0.39, 0.29) is 0 Å². The summed E-state index contributed by atoms with van der Waals surface area (Å²) in [4.78, 5) is 1.87. The second kappa shape index (κ2) is 5.69. The molecule has 2 aromatic carbocycles. The van der Waals surface area contributed by atoms with Crippen LogP contribution in [0.15, 0.2) is 42.5 Å². The molecule has 0 aliphatic carbocycles. The first-order valence-electron chi connectivity index (χ1n) is 6.03. The molecule has 0 unspecified atom stereocenters. The van der Waals surface area contributed by atoms with Crippen LogP contribution in [0.25, 0.3) is 0 Å². The zero-order valence-corrected chi connectivity index (χ0v) is 11.0. The highest BCUT2D eigenvalue weighted by Gasteiger charge is 2.06. The van der Waals surface area contributed by atoms with Crippen LogP contribution in [0.3, 0.4) is 0 Å². The van der Waals surface area contributed by atoms with Gasteiger partial charge in [0.15, 0.2) is 11.6 Å². The van der Waals surface area contributed by atoms with E-state index in [1.54, 1.807) is 6.07 Å². The van der Waals surface area contributed by atoms with Gasteiger partial charge in [0.05, 0.1) is 0 Å². The number of nitrogens with one attached hydrogen (secondary N) is 1. The van der Waals surface area contributed by atoms with Gasteiger partial charge in [-0.2, -0.15) is 0 Å². The summed E-state index contributed by atoms with van der Waals surface area (Å²) in [5, 5.41) is 3.05. The minimum Gasteiger partial charge on any atom is -0.388 e. The molecule has 0 aromatic heterocycles. The third-order valence-electron chi connectivity index (χ3n) is 3.01. The molecule has 0 aliphatic rings. The van der Waals surface area contributed by atoms with Crippen molar-refractivity contribution >= 4 is 11.4 Å². The van der Waals surface area contributed by atoms with Crippen LogP contribution in [0.2, 0.25) is 0 Å². The van der Waals surface area contributed by atoms with Crippen LogP contribution in [0, 0.1) is 11.6 Å². The highest BCUT2D eigenvalue weighted by atomic mass is 19.2. The van der Waals surface area contributed by atoms with Gasteiger partial charge in [-0.15, -0.1) is 0 Å². The molecule has 19 heavy (non-hydrogen) atoms. The van der Waals surface area contributed by atoms with Gasteiger partial charge in [-0.3, -0.25) is 0 Å². The Morgan fingerprint density at radius 2 is 1.68 bits per heavy atom. The quantitative estimate of drug-likeness (QED) is 0.905. The van der Waals surface area contributed by atoms with E-state index in [9.17, 15) is 8.78 Å². The molecule has 0 saturated carbocycles. The van der Waals surface area contributed by atoms with Crippen molar-refractivity contribution in [3.05, 3.63) is 59.7 Å². The van der Waals surface area contributed by atoms with Gasteiger partial charge in [0, 0.05) is 38.1 Å². The highest BCUT2D eigenvalue weighted by Crippen LogP contribution is 2.19. The second-order valence-corrected chi connectivity index (χ2v) is 4.40. The smallest absolute Gasteiger partial charge is 0.160 e. The molecule has 0 spiro atoms. The van der Waals surface area contributed by atoms with Crippen LogP contribution in [-0.4, -0.2) is 14.1 Å². The standard InChI is InChI=1S/C15H16F2N2/c1-18-12-5-3-11(4-6-12)10-19(2)13-7-8-14(16)15(17)9-13/h3-9,18H,10H2,1-2H3. The lowest BCUT2D eigenvalue weighted by molar-refractivity contribution is 0.508. The van der Waals surface area contributed by atoms with E-state index in [2.05, 4.69) is 5.32 Å². The first-order chi connectivity index (χ1) is 9.10. The number of benzene rings is 2. The third kappa shape index (κ3) is 3.22. The number of rotatable bonds is 4. The average Bonchev–Trinajstić information content (AvgIpc) is 2.42. The fourth-order valence-electron chi connectivity index (χ4n) is 1.86. The molecule has 0 fully saturated rings. The number of hydrogen-bond donors (Lipinski definition) is 1. The van der Waals surface area contributed by atoms with Gasteiger partial charge in [-0.1, -0.05) is 12.1 Å². The highest BCUT2D eigenvalue weighted by molar-refractivity contribution is 5.48. The first-order valence-corrected chi connectivity index (χ1v) is 6.03. The predicted molar refractivity (Wildman–Crippen MR) is 74.5 cm³/mol. The Balaban J connectivity index is 2.10. The van der Waals surface area contributed by atoms with Crippen molar-refractivity contribution in [3.63, 3.8) is 0 Å². The zero-order valence-electron chi connectivity index (χ0n) is 11.0. The van der Waals surface area contributed by atoms with Crippen LogP contribution in [0.4, 0.5) is 20.2 Å². The topological polar surface area (TPSA) is 15.3 Å². The van der Waals surface area contributed by atoms with Crippen molar-refractivity contribution in [2.45, 2.75) is 6.54 Å². The van der Waals surface area contributed by atoms with Gasteiger partial charge in [0.1, 0.15) is 0 Å². The molecular weight excluding hydrogens is 246 g/mol. The fraction of sp³-hybridized carbons (Fsp3) is 0.200. The van der Waals surface area contributed by atoms with Gasteiger partial charge < -0.3 is 10.2 Å². The SMILES string of the molecule is CNc1ccc(CN(C)c2ccc(F)c(F)c2)cc1. The minimum atomic E-state index is -0.824. The van der Waals surface area contributed by atoms with Crippen molar-refractivity contribution in [1.29, 1.82) is 0 Å². The Morgan fingerprint density at radius 1 is 1.00 bits per heavy atom. The summed E-state index contributed by atoms with van der Waals surface area (Å²) < 4.78 is 26.0. The molecule has 1 N–H and O–H groups in total. The lowest BCUT2D eigenvalue weighted by Crippen LogP contribution is -2.16. The molecule has 4 heteroatoms. The van der Waals surface area contributed by atoms with Crippen LogP contribution in [-0.2, 0) is 6.54 Å². The Morgan fingerprint density at radius 3 is 2.26 bits per heavy atom. The van der Waals surface area contributed by atoms with Crippen molar-refractivity contribution in [2.24, 2.45) is 0 Å². The number of halogens is 2. The summed E-state index contributed by atoms with van der Waals surface area (Å²) in [6, 6.07) is 11.9. The van der Waals surface area contributed by atoms with Crippen molar-refractivity contribution < 1.29 is 8.78 Å².